The number of hydrogen-bond acceptors (Lipinski definition) is 4. The van der Waals surface area contributed by atoms with Crippen LogP contribution in [0.2, 0.25) is 0 Å². The van der Waals surface area contributed by atoms with Crippen LogP contribution in [0.5, 0.6) is 0 Å². The summed E-state index contributed by atoms with van der Waals surface area (Å²) in [5, 5.41) is 8.12. The van der Waals surface area contributed by atoms with Crippen LogP contribution in [-0.4, -0.2) is 40.1 Å². The lowest BCUT2D eigenvalue weighted by Crippen LogP contribution is -2.41. The van der Waals surface area contributed by atoms with Gasteiger partial charge in [-0.25, -0.2) is 13.8 Å². The largest absolute Gasteiger partial charge is 0.343 e. The lowest BCUT2D eigenvalue weighted by molar-refractivity contribution is 0.0117. The molecule has 0 radical (unpaired) electrons. The zero-order valence-corrected chi connectivity index (χ0v) is 8.76. The number of amides is 1. The van der Waals surface area contributed by atoms with Crippen molar-refractivity contribution in [3.63, 3.8) is 0 Å². The van der Waals surface area contributed by atoms with E-state index in [4.69, 9.17) is 5.73 Å². The number of carbonyl (C=O) groups is 1. The number of nitrogens with one attached hydrogen (secondary N) is 2. The molecule has 0 aliphatic rings. The maximum Gasteiger partial charge on any atom is 0.291 e. The van der Waals surface area contributed by atoms with Crippen LogP contribution in [0.25, 0.3) is 0 Å². The summed E-state index contributed by atoms with van der Waals surface area (Å²) in [6.45, 7) is 0.185. The van der Waals surface area contributed by atoms with E-state index in [0.29, 0.717) is 12.2 Å². The standard InChI is InChI=1S/C8H13F2N5O/c1-2-5-13-6(15-14-5)7(16)12-4-8(9,10)3-11/h2-4,11H2,1H3,(H,12,16)(H,13,14,15). The fourth-order valence-corrected chi connectivity index (χ4v) is 0.916. The number of alkyl halides is 2. The highest BCUT2D eigenvalue weighted by molar-refractivity contribution is 5.90. The minimum absolute atomic E-state index is 0.148. The van der Waals surface area contributed by atoms with Crippen LogP contribution in [-0.2, 0) is 6.42 Å². The van der Waals surface area contributed by atoms with Gasteiger partial charge in [0.15, 0.2) is 0 Å². The zero-order chi connectivity index (χ0) is 12.2. The third-order valence-electron chi connectivity index (χ3n) is 1.88. The number of aromatic nitrogens is 3. The van der Waals surface area contributed by atoms with Crippen molar-refractivity contribution < 1.29 is 13.6 Å². The molecule has 0 unspecified atom stereocenters. The molecule has 0 bridgehead atoms. The molecule has 8 heteroatoms. The normalized spacial score (nSPS) is 11.5. The molecule has 0 atom stereocenters. The van der Waals surface area contributed by atoms with E-state index in [1.165, 1.54) is 0 Å². The lowest BCUT2D eigenvalue weighted by atomic mass is 10.3. The topological polar surface area (TPSA) is 96.7 Å². The van der Waals surface area contributed by atoms with Crippen molar-refractivity contribution in [2.45, 2.75) is 19.3 Å². The number of halogens is 2. The van der Waals surface area contributed by atoms with Crippen molar-refractivity contribution in [3.8, 4) is 0 Å². The quantitative estimate of drug-likeness (QED) is 0.650. The van der Waals surface area contributed by atoms with E-state index in [2.05, 4.69) is 15.2 Å². The molecule has 0 spiro atoms. The van der Waals surface area contributed by atoms with Gasteiger partial charge in [-0.15, -0.1) is 5.10 Å². The van der Waals surface area contributed by atoms with Gasteiger partial charge >= 0.3 is 0 Å². The molecule has 1 heterocycles. The van der Waals surface area contributed by atoms with Crippen molar-refractivity contribution in [1.29, 1.82) is 0 Å². The fraction of sp³-hybridized carbons (Fsp3) is 0.625. The maximum absolute atomic E-state index is 12.7. The molecular weight excluding hydrogens is 220 g/mol. The molecule has 1 rings (SSSR count). The van der Waals surface area contributed by atoms with E-state index in [1.807, 2.05) is 12.2 Å². The first-order valence-corrected chi connectivity index (χ1v) is 4.76. The van der Waals surface area contributed by atoms with Crippen LogP contribution in [0.4, 0.5) is 8.78 Å². The van der Waals surface area contributed by atoms with Gasteiger partial charge in [-0.05, 0) is 0 Å². The summed E-state index contributed by atoms with van der Waals surface area (Å²) in [5.41, 5.74) is 4.82. The van der Waals surface area contributed by atoms with E-state index in [-0.39, 0.29) is 5.82 Å². The van der Waals surface area contributed by atoms with Crippen LogP contribution in [0, 0.1) is 0 Å². The first-order chi connectivity index (χ1) is 7.48. The molecule has 0 saturated carbocycles. The van der Waals surface area contributed by atoms with Crippen molar-refractivity contribution >= 4 is 5.91 Å². The first-order valence-electron chi connectivity index (χ1n) is 4.76. The third-order valence-corrected chi connectivity index (χ3v) is 1.88. The van der Waals surface area contributed by atoms with E-state index in [9.17, 15) is 13.6 Å². The summed E-state index contributed by atoms with van der Waals surface area (Å²) >= 11 is 0. The summed E-state index contributed by atoms with van der Waals surface area (Å²) in [6.07, 6.45) is 0.583. The van der Waals surface area contributed by atoms with Gasteiger partial charge in [0.2, 0.25) is 5.82 Å². The highest BCUT2D eigenvalue weighted by atomic mass is 19.3. The lowest BCUT2D eigenvalue weighted by Gasteiger charge is -2.13. The Morgan fingerprint density at radius 3 is 2.81 bits per heavy atom. The van der Waals surface area contributed by atoms with E-state index in [1.54, 1.807) is 0 Å². The van der Waals surface area contributed by atoms with E-state index in [0.717, 1.165) is 0 Å². The van der Waals surface area contributed by atoms with Crippen LogP contribution in [0.3, 0.4) is 0 Å². The number of aromatic amines is 1. The van der Waals surface area contributed by atoms with Gasteiger partial charge in [0.05, 0.1) is 13.1 Å². The molecule has 0 fully saturated rings. The Hall–Kier alpha value is -1.57. The Morgan fingerprint density at radius 2 is 2.31 bits per heavy atom. The third kappa shape index (κ3) is 3.23. The minimum atomic E-state index is -3.11. The predicted molar refractivity (Wildman–Crippen MR) is 52.1 cm³/mol. The molecule has 0 saturated heterocycles. The Morgan fingerprint density at radius 1 is 1.62 bits per heavy atom. The van der Waals surface area contributed by atoms with Gasteiger partial charge < -0.3 is 11.1 Å². The number of carbonyl (C=O) groups excluding carboxylic acids is 1. The smallest absolute Gasteiger partial charge is 0.291 e. The van der Waals surface area contributed by atoms with Gasteiger partial charge in [0.1, 0.15) is 5.82 Å². The van der Waals surface area contributed by atoms with E-state index < -0.39 is 24.9 Å². The number of aryl methyl sites for hydroxylation is 1. The molecule has 90 valence electrons. The molecule has 6 nitrogen and oxygen atoms in total. The molecule has 1 amide bonds. The predicted octanol–water partition coefficient (Wildman–Crippen LogP) is -0.309. The van der Waals surface area contributed by atoms with Crippen molar-refractivity contribution in [2.75, 3.05) is 13.1 Å². The molecular formula is C8H13F2N5O. The molecule has 0 aliphatic heterocycles. The number of hydrogen-bond donors (Lipinski definition) is 3. The minimum Gasteiger partial charge on any atom is -0.343 e. The Balaban J connectivity index is 2.53. The van der Waals surface area contributed by atoms with Gasteiger partial charge in [0.25, 0.3) is 11.8 Å². The first kappa shape index (κ1) is 12.5. The fourth-order valence-electron chi connectivity index (χ4n) is 0.916. The van der Waals surface area contributed by atoms with Crippen LogP contribution >= 0.6 is 0 Å². The zero-order valence-electron chi connectivity index (χ0n) is 8.76. The molecule has 4 N–H and O–H groups in total. The highest BCUT2D eigenvalue weighted by Gasteiger charge is 2.28. The average molecular weight is 233 g/mol. The van der Waals surface area contributed by atoms with Crippen LogP contribution < -0.4 is 11.1 Å². The van der Waals surface area contributed by atoms with Gasteiger partial charge in [-0.3, -0.25) is 9.89 Å². The van der Waals surface area contributed by atoms with E-state index >= 15 is 0 Å². The monoisotopic (exact) mass is 233 g/mol. The van der Waals surface area contributed by atoms with Crippen LogP contribution in [0.15, 0.2) is 0 Å². The van der Waals surface area contributed by atoms with Crippen molar-refractivity contribution in [2.24, 2.45) is 5.73 Å². The molecule has 0 aliphatic carbocycles. The van der Waals surface area contributed by atoms with Gasteiger partial charge in [-0.2, -0.15) is 0 Å². The second-order valence-electron chi connectivity index (χ2n) is 3.20. The molecule has 1 aromatic heterocycles. The Bertz CT molecular complexity index is 365. The Kier molecular flexibility index (Phi) is 3.88. The number of nitrogens with two attached hydrogens (primary N) is 1. The van der Waals surface area contributed by atoms with Gasteiger partial charge in [-0.1, -0.05) is 6.92 Å². The maximum atomic E-state index is 12.7. The summed E-state index contributed by atoms with van der Waals surface area (Å²) in [7, 11) is 0. The number of nitrogens with zero attached hydrogens (tertiary/aromatic N) is 2. The SMILES string of the molecule is CCc1nc(C(=O)NCC(F)(F)CN)n[nH]1. The molecule has 16 heavy (non-hydrogen) atoms. The second kappa shape index (κ2) is 4.97. The summed E-state index contributed by atoms with van der Waals surface area (Å²) in [4.78, 5) is 15.1. The number of H-pyrrole nitrogens is 1. The van der Waals surface area contributed by atoms with Crippen molar-refractivity contribution in [1.82, 2.24) is 20.5 Å². The van der Waals surface area contributed by atoms with Gasteiger partial charge in [0, 0.05) is 6.42 Å². The van der Waals surface area contributed by atoms with Crippen LogP contribution in [0.1, 0.15) is 23.4 Å². The highest BCUT2D eigenvalue weighted by Crippen LogP contribution is 2.08. The molecule has 1 aromatic rings. The summed E-state index contributed by atoms with van der Waals surface area (Å²) < 4.78 is 25.4. The average Bonchev–Trinajstić information content (AvgIpc) is 2.74. The van der Waals surface area contributed by atoms with Crippen molar-refractivity contribution in [3.05, 3.63) is 11.6 Å². The Labute approximate surface area is 90.6 Å². The molecule has 0 aromatic carbocycles. The second-order valence-corrected chi connectivity index (χ2v) is 3.20. The summed E-state index contributed by atoms with van der Waals surface area (Å²) in [6, 6.07) is 0. The number of rotatable bonds is 5. The summed E-state index contributed by atoms with van der Waals surface area (Å²) in [5.74, 6) is -3.48.